The maximum absolute atomic E-state index is 11.4. The van der Waals surface area contributed by atoms with E-state index in [-0.39, 0.29) is 34.3 Å². The molecule has 0 fully saturated rings. The molecule has 0 atom stereocenters. The molecule has 0 aliphatic heterocycles. The normalized spacial score (nSPS) is 10.7. The van der Waals surface area contributed by atoms with Crippen LogP contribution in [-0.2, 0) is 9.47 Å². The van der Waals surface area contributed by atoms with Crippen LogP contribution in [-0.4, -0.2) is 38.8 Å². The van der Waals surface area contributed by atoms with Gasteiger partial charge in [-0.05, 0) is 19.1 Å². The summed E-state index contributed by atoms with van der Waals surface area (Å²) >= 11 is 6.06. The molecule has 0 radical (unpaired) electrons. The number of carbonyl (C=O) groups excluding carboxylic acids is 2. The summed E-state index contributed by atoms with van der Waals surface area (Å²) in [4.78, 5) is 22.9. The summed E-state index contributed by atoms with van der Waals surface area (Å²) in [5.74, 6) is -0.871. The molecule has 1 aromatic rings. The predicted octanol–water partition coefficient (Wildman–Crippen LogP) is 1.64. The van der Waals surface area contributed by atoms with Crippen LogP contribution in [0, 0.1) is 0 Å². The highest BCUT2D eigenvalue weighted by atomic mass is 35.5. The fourth-order valence-electron chi connectivity index (χ4n) is 1.59. The lowest BCUT2D eigenvalue weighted by atomic mass is 10.0. The minimum atomic E-state index is -0.791. The minimum Gasteiger partial charge on any atom is -0.487 e. The molecule has 0 saturated carbocycles. The first-order valence-corrected chi connectivity index (χ1v) is 6.11. The minimum absolute atomic E-state index is 0.00356. The Bertz CT molecular complexity index is 514. The predicted molar refractivity (Wildman–Crippen MR) is 73.3 cm³/mol. The summed E-state index contributed by atoms with van der Waals surface area (Å²) in [7, 11) is 2.93. The van der Waals surface area contributed by atoms with Crippen molar-refractivity contribution >= 4 is 23.3 Å². The van der Waals surface area contributed by atoms with E-state index >= 15 is 0 Å². The molecule has 0 aromatic heterocycles. The number of rotatable bonds is 7. The van der Waals surface area contributed by atoms with Crippen molar-refractivity contribution in [2.75, 3.05) is 20.8 Å². The van der Waals surface area contributed by atoms with Gasteiger partial charge in [-0.2, -0.15) is 0 Å². The molecule has 7 heteroatoms. The van der Waals surface area contributed by atoms with Gasteiger partial charge in [0.2, 0.25) is 0 Å². The topological polar surface area (TPSA) is 87.9 Å². The molecule has 6 nitrogen and oxygen atoms in total. The summed E-state index contributed by atoms with van der Waals surface area (Å²) in [5.41, 5.74) is 5.35. The Morgan fingerprint density at radius 3 is 2.35 bits per heavy atom. The smallest absolute Gasteiger partial charge is 0.251 e. The van der Waals surface area contributed by atoms with Crippen molar-refractivity contribution in [2.24, 2.45) is 5.73 Å². The maximum atomic E-state index is 11.4. The zero-order valence-electron chi connectivity index (χ0n) is 11.4. The zero-order valence-corrected chi connectivity index (χ0v) is 12.2. The number of amides is 1. The van der Waals surface area contributed by atoms with Gasteiger partial charge in [0.25, 0.3) is 5.91 Å². The number of benzene rings is 1. The molecule has 0 aliphatic carbocycles. The maximum Gasteiger partial charge on any atom is 0.251 e. The fourth-order valence-corrected chi connectivity index (χ4v) is 1.91. The van der Waals surface area contributed by atoms with Crippen LogP contribution in [0.15, 0.2) is 12.1 Å². The van der Waals surface area contributed by atoms with Gasteiger partial charge in [0.1, 0.15) is 12.4 Å². The van der Waals surface area contributed by atoms with Crippen LogP contribution in [0.3, 0.4) is 0 Å². The van der Waals surface area contributed by atoms with E-state index < -0.39 is 12.2 Å². The third-order valence-electron chi connectivity index (χ3n) is 2.63. The average molecular weight is 302 g/mol. The fraction of sp³-hybridized carbons (Fsp3) is 0.385. The van der Waals surface area contributed by atoms with Crippen molar-refractivity contribution < 1.29 is 23.8 Å². The van der Waals surface area contributed by atoms with Crippen LogP contribution >= 0.6 is 11.6 Å². The molecule has 0 heterocycles. The Morgan fingerprint density at radius 2 is 1.90 bits per heavy atom. The number of primary amides is 1. The number of methoxy groups -OCH3 is 2. The van der Waals surface area contributed by atoms with Gasteiger partial charge in [0.05, 0.1) is 10.6 Å². The number of carbonyl (C=O) groups is 2. The second-order valence-electron chi connectivity index (χ2n) is 3.93. The summed E-state index contributed by atoms with van der Waals surface area (Å²) in [5, 5.41) is -0.00356. The van der Waals surface area contributed by atoms with Crippen LogP contribution in [0.25, 0.3) is 0 Å². The number of ketones is 1. The van der Waals surface area contributed by atoms with Gasteiger partial charge in [-0.15, -0.1) is 0 Å². The Balaban J connectivity index is 3.08. The molecule has 0 spiro atoms. The molecule has 1 aromatic carbocycles. The van der Waals surface area contributed by atoms with Crippen molar-refractivity contribution in [1.82, 2.24) is 0 Å². The van der Waals surface area contributed by atoms with Crippen LogP contribution in [0.4, 0.5) is 0 Å². The van der Waals surface area contributed by atoms with E-state index in [2.05, 4.69) is 0 Å². The summed E-state index contributed by atoms with van der Waals surface area (Å²) in [6, 6.07) is 2.94. The van der Waals surface area contributed by atoms with E-state index in [0.29, 0.717) is 0 Å². The molecule has 1 amide bonds. The van der Waals surface area contributed by atoms with Gasteiger partial charge in [-0.25, -0.2) is 0 Å². The van der Waals surface area contributed by atoms with Gasteiger partial charge in [0.15, 0.2) is 12.1 Å². The first-order valence-electron chi connectivity index (χ1n) is 5.74. The first kappa shape index (κ1) is 16.4. The van der Waals surface area contributed by atoms with Gasteiger partial charge in [-0.3, -0.25) is 9.59 Å². The number of halogens is 1. The number of ether oxygens (including phenoxy) is 3. The molecule has 110 valence electrons. The molecule has 0 unspecified atom stereocenters. The highest BCUT2D eigenvalue weighted by Crippen LogP contribution is 2.31. The van der Waals surface area contributed by atoms with E-state index in [0.717, 1.165) is 0 Å². The Hall–Kier alpha value is -1.63. The van der Waals surface area contributed by atoms with E-state index in [1.165, 1.54) is 33.3 Å². The van der Waals surface area contributed by atoms with E-state index in [9.17, 15) is 9.59 Å². The van der Waals surface area contributed by atoms with Crippen molar-refractivity contribution in [2.45, 2.75) is 13.2 Å². The summed E-state index contributed by atoms with van der Waals surface area (Å²) in [6.07, 6.45) is -0.574. The van der Waals surface area contributed by atoms with E-state index in [1.807, 2.05) is 0 Å². The number of hydrogen-bond acceptors (Lipinski definition) is 5. The number of Topliss-reactive ketones (excluding diaryl/α,β-unsaturated/α-hetero) is 1. The van der Waals surface area contributed by atoms with Crippen molar-refractivity contribution in [3.05, 3.63) is 28.3 Å². The molecule has 2 N–H and O–H groups in total. The molecule has 0 bridgehead atoms. The van der Waals surface area contributed by atoms with Gasteiger partial charge in [-0.1, -0.05) is 11.6 Å². The second-order valence-corrected chi connectivity index (χ2v) is 4.31. The lowest BCUT2D eigenvalue weighted by Gasteiger charge is -2.16. The SMILES string of the molecule is COC(COc1ccc(C(C)=O)c(C(N)=O)c1Cl)OC. The lowest BCUT2D eigenvalue weighted by molar-refractivity contribution is -0.121. The summed E-state index contributed by atoms with van der Waals surface area (Å²) < 4.78 is 15.3. The van der Waals surface area contributed by atoms with E-state index in [1.54, 1.807) is 0 Å². The summed E-state index contributed by atoms with van der Waals surface area (Å²) in [6.45, 7) is 1.40. The quantitative estimate of drug-likeness (QED) is 0.611. The third kappa shape index (κ3) is 3.69. The Kier molecular flexibility index (Phi) is 5.94. The Labute approximate surface area is 121 Å². The Morgan fingerprint density at radius 1 is 1.30 bits per heavy atom. The van der Waals surface area contributed by atoms with Gasteiger partial charge >= 0.3 is 0 Å². The highest BCUT2D eigenvalue weighted by Gasteiger charge is 2.20. The van der Waals surface area contributed by atoms with Crippen LogP contribution < -0.4 is 10.5 Å². The molecular weight excluding hydrogens is 286 g/mol. The number of hydrogen-bond donors (Lipinski definition) is 1. The largest absolute Gasteiger partial charge is 0.487 e. The lowest BCUT2D eigenvalue weighted by Crippen LogP contribution is -2.23. The van der Waals surface area contributed by atoms with Crippen LogP contribution in [0.2, 0.25) is 5.02 Å². The monoisotopic (exact) mass is 301 g/mol. The van der Waals surface area contributed by atoms with Crippen molar-refractivity contribution in [3.63, 3.8) is 0 Å². The van der Waals surface area contributed by atoms with Crippen LogP contribution in [0.5, 0.6) is 5.75 Å². The van der Waals surface area contributed by atoms with Crippen molar-refractivity contribution in [1.29, 1.82) is 0 Å². The average Bonchev–Trinajstić information content (AvgIpc) is 2.40. The van der Waals surface area contributed by atoms with Crippen LogP contribution in [0.1, 0.15) is 27.6 Å². The highest BCUT2D eigenvalue weighted by molar-refractivity contribution is 6.36. The third-order valence-corrected chi connectivity index (χ3v) is 3.01. The number of nitrogens with two attached hydrogens (primary N) is 1. The molecule has 20 heavy (non-hydrogen) atoms. The van der Waals surface area contributed by atoms with Gasteiger partial charge < -0.3 is 19.9 Å². The molecule has 1 rings (SSSR count). The van der Waals surface area contributed by atoms with E-state index in [4.69, 9.17) is 31.5 Å². The van der Waals surface area contributed by atoms with Gasteiger partial charge in [0, 0.05) is 19.8 Å². The standard InChI is InChI=1S/C13H16ClNO5/c1-7(16)8-4-5-9(12(14)11(8)13(15)17)20-6-10(18-2)19-3/h4-5,10H,6H2,1-3H3,(H2,15,17). The second kappa shape index (κ2) is 7.23. The van der Waals surface area contributed by atoms with Crippen molar-refractivity contribution in [3.8, 4) is 5.75 Å². The zero-order chi connectivity index (χ0) is 15.3. The molecular formula is C13H16ClNO5. The first-order chi connectivity index (χ1) is 9.42. The molecule has 0 saturated heterocycles. The molecule has 0 aliphatic rings.